The minimum absolute atomic E-state index is 0.0620. The number of carbonyl (C=O) groups excluding carboxylic acids is 1. The Morgan fingerprint density at radius 3 is 2.62 bits per heavy atom. The molecule has 2 aromatic rings. The maximum absolute atomic E-state index is 13.0. The molecule has 0 saturated heterocycles. The second-order valence-corrected chi connectivity index (χ2v) is 4.92. The van der Waals surface area contributed by atoms with Crippen molar-refractivity contribution in [3.05, 3.63) is 65.0 Å². The van der Waals surface area contributed by atoms with Crippen molar-refractivity contribution < 1.29 is 9.18 Å². The van der Waals surface area contributed by atoms with Crippen molar-refractivity contribution in [1.82, 2.24) is 0 Å². The van der Waals surface area contributed by atoms with E-state index in [1.807, 2.05) is 32.0 Å². The van der Waals surface area contributed by atoms with Crippen molar-refractivity contribution in [2.75, 3.05) is 11.1 Å². The third kappa shape index (κ3) is 3.92. The number of halogens is 1. The van der Waals surface area contributed by atoms with E-state index in [0.717, 1.165) is 16.8 Å². The van der Waals surface area contributed by atoms with Gasteiger partial charge < -0.3 is 11.1 Å². The molecule has 0 aliphatic heterocycles. The van der Waals surface area contributed by atoms with Crippen LogP contribution in [-0.4, -0.2) is 5.91 Å². The third-order valence-corrected chi connectivity index (χ3v) is 3.09. The zero-order valence-electron chi connectivity index (χ0n) is 12.0. The van der Waals surface area contributed by atoms with Crippen LogP contribution in [0.15, 0.2) is 42.5 Å². The third-order valence-electron chi connectivity index (χ3n) is 3.09. The Labute approximate surface area is 123 Å². The molecule has 0 aliphatic carbocycles. The molecule has 0 unspecified atom stereocenters. The SMILES string of the molecule is Cc1ccc(NC(=O)/C=C/c2ccc(F)c(N)c2)c(C)c1. The van der Waals surface area contributed by atoms with Crippen LogP contribution in [0, 0.1) is 19.7 Å². The van der Waals surface area contributed by atoms with E-state index in [1.54, 1.807) is 12.1 Å². The summed E-state index contributed by atoms with van der Waals surface area (Å²) in [5, 5.41) is 2.80. The lowest BCUT2D eigenvalue weighted by Gasteiger charge is -2.07. The van der Waals surface area contributed by atoms with Crippen LogP contribution in [0.3, 0.4) is 0 Å². The standard InChI is InChI=1S/C17H17FN2O/c1-11-3-7-16(12(2)9-11)20-17(21)8-5-13-4-6-14(18)15(19)10-13/h3-10H,19H2,1-2H3,(H,20,21)/b8-5+. The molecule has 21 heavy (non-hydrogen) atoms. The Bertz CT molecular complexity index is 708. The van der Waals surface area contributed by atoms with Crippen LogP contribution in [-0.2, 0) is 4.79 Å². The molecule has 2 rings (SSSR count). The summed E-state index contributed by atoms with van der Waals surface area (Å²) in [5.74, 6) is -0.711. The molecule has 0 spiro atoms. The van der Waals surface area contributed by atoms with Crippen molar-refractivity contribution in [3.63, 3.8) is 0 Å². The van der Waals surface area contributed by atoms with Crippen LogP contribution in [0.4, 0.5) is 15.8 Å². The molecular formula is C17H17FN2O. The van der Waals surface area contributed by atoms with Gasteiger partial charge in [0.05, 0.1) is 5.69 Å². The number of carbonyl (C=O) groups is 1. The van der Waals surface area contributed by atoms with Gasteiger partial charge in [-0.15, -0.1) is 0 Å². The van der Waals surface area contributed by atoms with Crippen LogP contribution < -0.4 is 11.1 Å². The molecule has 0 radical (unpaired) electrons. The van der Waals surface area contributed by atoms with E-state index in [4.69, 9.17) is 5.73 Å². The molecule has 0 aliphatic rings. The summed E-state index contributed by atoms with van der Waals surface area (Å²) < 4.78 is 13.0. The Morgan fingerprint density at radius 2 is 1.95 bits per heavy atom. The van der Waals surface area contributed by atoms with Crippen LogP contribution in [0.5, 0.6) is 0 Å². The molecule has 0 bridgehead atoms. The van der Waals surface area contributed by atoms with E-state index in [2.05, 4.69) is 5.32 Å². The predicted octanol–water partition coefficient (Wildman–Crippen LogP) is 3.68. The van der Waals surface area contributed by atoms with Gasteiger partial charge in [-0.2, -0.15) is 0 Å². The van der Waals surface area contributed by atoms with Gasteiger partial charge in [0.2, 0.25) is 5.91 Å². The topological polar surface area (TPSA) is 55.1 Å². The molecular weight excluding hydrogens is 267 g/mol. The first-order chi connectivity index (χ1) is 9.95. The summed E-state index contributed by atoms with van der Waals surface area (Å²) in [4.78, 5) is 11.9. The fourth-order valence-electron chi connectivity index (χ4n) is 1.97. The number of nitrogens with two attached hydrogens (primary N) is 1. The van der Waals surface area contributed by atoms with Gasteiger partial charge >= 0.3 is 0 Å². The monoisotopic (exact) mass is 284 g/mol. The van der Waals surface area contributed by atoms with Crippen molar-refractivity contribution in [1.29, 1.82) is 0 Å². The Hall–Kier alpha value is -2.62. The van der Waals surface area contributed by atoms with Crippen LogP contribution in [0.1, 0.15) is 16.7 Å². The van der Waals surface area contributed by atoms with Crippen LogP contribution >= 0.6 is 0 Å². The molecule has 0 aromatic heterocycles. The molecule has 1 amide bonds. The van der Waals surface area contributed by atoms with E-state index in [1.165, 1.54) is 18.2 Å². The highest BCUT2D eigenvalue weighted by Gasteiger charge is 2.02. The van der Waals surface area contributed by atoms with E-state index >= 15 is 0 Å². The summed E-state index contributed by atoms with van der Waals surface area (Å²) >= 11 is 0. The smallest absolute Gasteiger partial charge is 0.248 e. The maximum Gasteiger partial charge on any atom is 0.248 e. The number of nitrogens with one attached hydrogen (secondary N) is 1. The molecule has 3 nitrogen and oxygen atoms in total. The van der Waals surface area contributed by atoms with E-state index in [-0.39, 0.29) is 11.6 Å². The second kappa shape index (κ2) is 6.22. The Kier molecular flexibility index (Phi) is 4.38. The van der Waals surface area contributed by atoms with E-state index in [0.29, 0.717) is 5.56 Å². The van der Waals surface area contributed by atoms with Crippen molar-refractivity contribution in [3.8, 4) is 0 Å². The average Bonchev–Trinajstić information content (AvgIpc) is 2.43. The second-order valence-electron chi connectivity index (χ2n) is 4.92. The van der Waals surface area contributed by atoms with Gasteiger partial charge in [-0.3, -0.25) is 4.79 Å². The van der Waals surface area contributed by atoms with Gasteiger partial charge in [0.15, 0.2) is 0 Å². The molecule has 4 heteroatoms. The number of amides is 1. The first kappa shape index (κ1) is 14.8. The number of hydrogen-bond acceptors (Lipinski definition) is 2. The lowest BCUT2D eigenvalue weighted by molar-refractivity contribution is -0.111. The highest BCUT2D eigenvalue weighted by molar-refractivity contribution is 6.02. The molecule has 0 heterocycles. The zero-order chi connectivity index (χ0) is 15.4. The molecule has 0 atom stereocenters. The fourth-order valence-corrected chi connectivity index (χ4v) is 1.97. The number of hydrogen-bond donors (Lipinski definition) is 2. The number of nitrogen functional groups attached to an aromatic ring is 1. The molecule has 0 fully saturated rings. The molecule has 3 N–H and O–H groups in total. The molecule has 0 saturated carbocycles. The fraction of sp³-hybridized carbons (Fsp3) is 0.118. The first-order valence-electron chi connectivity index (χ1n) is 6.57. The van der Waals surface area contributed by atoms with Crippen LogP contribution in [0.25, 0.3) is 6.08 Å². The highest BCUT2D eigenvalue weighted by atomic mass is 19.1. The van der Waals surface area contributed by atoms with Gasteiger partial charge in [-0.25, -0.2) is 4.39 Å². The van der Waals surface area contributed by atoms with Crippen molar-refractivity contribution in [2.24, 2.45) is 0 Å². The average molecular weight is 284 g/mol. The van der Waals surface area contributed by atoms with Crippen molar-refractivity contribution >= 4 is 23.4 Å². The summed E-state index contributed by atoms with van der Waals surface area (Å²) in [7, 11) is 0. The van der Waals surface area contributed by atoms with Gasteiger partial charge in [0.25, 0.3) is 0 Å². The van der Waals surface area contributed by atoms with Crippen molar-refractivity contribution in [2.45, 2.75) is 13.8 Å². The quantitative estimate of drug-likeness (QED) is 0.667. The summed E-state index contributed by atoms with van der Waals surface area (Å²) in [5.41, 5.74) is 9.12. The largest absolute Gasteiger partial charge is 0.396 e. The summed E-state index contributed by atoms with van der Waals surface area (Å²) in [6, 6.07) is 10.1. The summed E-state index contributed by atoms with van der Waals surface area (Å²) in [6.45, 7) is 3.93. The van der Waals surface area contributed by atoms with Gasteiger partial charge in [0, 0.05) is 11.8 Å². The van der Waals surface area contributed by atoms with Gasteiger partial charge in [0.1, 0.15) is 5.82 Å². The lowest BCUT2D eigenvalue weighted by Crippen LogP contribution is -2.08. The first-order valence-corrected chi connectivity index (χ1v) is 6.57. The Morgan fingerprint density at radius 1 is 1.19 bits per heavy atom. The predicted molar refractivity (Wildman–Crippen MR) is 84.4 cm³/mol. The Balaban J connectivity index is 2.07. The minimum atomic E-state index is -0.466. The van der Waals surface area contributed by atoms with E-state index in [9.17, 15) is 9.18 Å². The normalized spacial score (nSPS) is 10.8. The van der Waals surface area contributed by atoms with Gasteiger partial charge in [-0.05, 0) is 49.2 Å². The number of rotatable bonds is 3. The van der Waals surface area contributed by atoms with Crippen LogP contribution in [0.2, 0.25) is 0 Å². The highest BCUT2D eigenvalue weighted by Crippen LogP contribution is 2.16. The summed E-state index contributed by atoms with van der Waals surface area (Å²) in [6.07, 6.45) is 2.99. The molecule has 108 valence electrons. The number of aryl methyl sites for hydroxylation is 2. The minimum Gasteiger partial charge on any atom is -0.396 e. The zero-order valence-corrected chi connectivity index (χ0v) is 12.0. The van der Waals surface area contributed by atoms with Gasteiger partial charge in [-0.1, -0.05) is 23.8 Å². The lowest BCUT2D eigenvalue weighted by atomic mass is 10.1. The number of anilines is 2. The number of benzene rings is 2. The van der Waals surface area contributed by atoms with E-state index < -0.39 is 5.82 Å². The maximum atomic E-state index is 13.0. The molecule has 2 aromatic carbocycles.